The van der Waals surface area contributed by atoms with Gasteiger partial charge in [-0.2, -0.15) is 0 Å². The average molecular weight is 281 g/mol. The molecule has 2 unspecified atom stereocenters. The van der Waals surface area contributed by atoms with Crippen LogP contribution in [0.1, 0.15) is 31.2 Å². The second-order valence-corrected chi connectivity index (χ2v) is 6.05. The van der Waals surface area contributed by atoms with Gasteiger partial charge in [-0.05, 0) is 43.0 Å². The lowest BCUT2D eigenvalue weighted by atomic mass is 9.87. The molecule has 1 aliphatic rings. The quantitative estimate of drug-likeness (QED) is 0.649. The molecular weight excluding hydrogens is 254 g/mol. The van der Waals surface area contributed by atoms with E-state index in [4.69, 9.17) is 0 Å². The first-order valence-corrected chi connectivity index (χ1v) is 7.97. The summed E-state index contributed by atoms with van der Waals surface area (Å²) in [4.78, 5) is 2.59. The predicted molar refractivity (Wildman–Crippen MR) is 92.5 cm³/mol. The van der Waals surface area contributed by atoms with Crippen molar-refractivity contribution >= 4 is 0 Å². The first kappa shape index (κ1) is 15.8. The number of nitrogens with zero attached hydrogens (tertiary/aromatic N) is 1. The lowest BCUT2D eigenvalue weighted by molar-refractivity contribution is 0.317. The van der Waals surface area contributed by atoms with Gasteiger partial charge in [-0.25, -0.2) is 0 Å². The van der Waals surface area contributed by atoms with Gasteiger partial charge in [0.1, 0.15) is 0 Å². The molecule has 1 aliphatic heterocycles. The van der Waals surface area contributed by atoms with Crippen LogP contribution in [-0.2, 0) is 0 Å². The van der Waals surface area contributed by atoms with Crippen LogP contribution in [0.25, 0.3) is 0 Å². The van der Waals surface area contributed by atoms with Crippen LogP contribution in [-0.4, -0.2) is 24.5 Å². The van der Waals surface area contributed by atoms with Gasteiger partial charge in [-0.15, -0.1) is 0 Å². The Hall–Kier alpha value is -1.60. The number of benzene rings is 1. The van der Waals surface area contributed by atoms with Gasteiger partial charge in [0, 0.05) is 12.5 Å². The molecule has 0 bridgehead atoms. The van der Waals surface area contributed by atoms with E-state index in [2.05, 4.69) is 61.4 Å². The molecule has 0 N–H and O–H groups in total. The van der Waals surface area contributed by atoms with Crippen molar-refractivity contribution in [2.75, 3.05) is 19.6 Å². The van der Waals surface area contributed by atoms with E-state index in [-0.39, 0.29) is 0 Å². The summed E-state index contributed by atoms with van der Waals surface area (Å²) in [6.45, 7) is 13.8. The van der Waals surface area contributed by atoms with E-state index < -0.39 is 0 Å². The number of hydrogen-bond acceptors (Lipinski definition) is 1. The van der Waals surface area contributed by atoms with Crippen LogP contribution < -0.4 is 0 Å². The molecule has 0 aromatic heterocycles. The van der Waals surface area contributed by atoms with Crippen LogP contribution in [0.4, 0.5) is 0 Å². The minimum atomic E-state index is 0.414. The van der Waals surface area contributed by atoms with Crippen LogP contribution >= 0.6 is 0 Å². The lowest BCUT2D eigenvalue weighted by Gasteiger charge is -2.23. The van der Waals surface area contributed by atoms with Crippen molar-refractivity contribution in [3.63, 3.8) is 0 Å². The maximum absolute atomic E-state index is 3.99. The molecule has 1 aromatic rings. The van der Waals surface area contributed by atoms with Crippen LogP contribution in [0.15, 0.2) is 67.3 Å². The van der Waals surface area contributed by atoms with Crippen molar-refractivity contribution in [1.82, 2.24) is 4.90 Å². The Morgan fingerprint density at radius 2 is 2.10 bits per heavy atom. The van der Waals surface area contributed by atoms with E-state index in [9.17, 15) is 0 Å². The van der Waals surface area contributed by atoms with Crippen molar-refractivity contribution in [3.05, 3.63) is 72.9 Å². The second kappa shape index (κ2) is 7.99. The minimum Gasteiger partial charge on any atom is -0.303 e. The van der Waals surface area contributed by atoms with Gasteiger partial charge >= 0.3 is 0 Å². The van der Waals surface area contributed by atoms with Crippen LogP contribution in [0.5, 0.6) is 0 Å². The summed E-state index contributed by atoms with van der Waals surface area (Å²) < 4.78 is 0. The largest absolute Gasteiger partial charge is 0.303 e. The molecule has 21 heavy (non-hydrogen) atoms. The monoisotopic (exact) mass is 281 g/mol. The molecule has 0 spiro atoms. The molecule has 112 valence electrons. The van der Waals surface area contributed by atoms with E-state index in [1.807, 2.05) is 12.2 Å². The fraction of sp³-hybridized carbons (Fsp3) is 0.400. The molecule has 2 atom stereocenters. The lowest BCUT2D eigenvalue weighted by Crippen LogP contribution is -2.23. The number of rotatable bonds is 7. The highest BCUT2D eigenvalue weighted by Gasteiger charge is 2.21. The zero-order valence-electron chi connectivity index (χ0n) is 13.2. The number of hydrogen-bond donors (Lipinski definition) is 0. The summed E-state index contributed by atoms with van der Waals surface area (Å²) in [6, 6.07) is 10.8. The Morgan fingerprint density at radius 3 is 2.67 bits per heavy atom. The fourth-order valence-corrected chi connectivity index (χ4v) is 3.21. The third-order valence-corrected chi connectivity index (χ3v) is 4.39. The molecule has 1 aromatic carbocycles. The topological polar surface area (TPSA) is 3.24 Å². The third kappa shape index (κ3) is 4.44. The molecule has 1 heterocycles. The molecule has 0 saturated carbocycles. The summed E-state index contributed by atoms with van der Waals surface area (Å²) in [5.74, 6) is 1.26. The maximum Gasteiger partial charge on any atom is 0.0101 e. The molecule has 1 nitrogen and oxygen atoms in total. The average Bonchev–Trinajstić information content (AvgIpc) is 2.93. The summed E-state index contributed by atoms with van der Waals surface area (Å²) in [6.07, 6.45) is 8.42. The zero-order valence-corrected chi connectivity index (χ0v) is 13.2. The van der Waals surface area contributed by atoms with Crippen molar-refractivity contribution in [2.24, 2.45) is 5.92 Å². The summed E-state index contributed by atoms with van der Waals surface area (Å²) in [7, 11) is 0. The fourth-order valence-electron chi connectivity index (χ4n) is 3.21. The van der Waals surface area contributed by atoms with E-state index >= 15 is 0 Å². The first-order chi connectivity index (χ1) is 10.2. The molecule has 0 radical (unpaired) electrons. The van der Waals surface area contributed by atoms with Crippen LogP contribution in [0.2, 0.25) is 0 Å². The maximum atomic E-state index is 3.99. The first-order valence-electron chi connectivity index (χ1n) is 7.97. The third-order valence-electron chi connectivity index (χ3n) is 4.39. The van der Waals surface area contributed by atoms with Crippen molar-refractivity contribution in [1.29, 1.82) is 0 Å². The van der Waals surface area contributed by atoms with Gasteiger partial charge in [0.25, 0.3) is 0 Å². The minimum absolute atomic E-state index is 0.414. The van der Waals surface area contributed by atoms with E-state index in [0.717, 1.165) is 18.9 Å². The van der Waals surface area contributed by atoms with Gasteiger partial charge < -0.3 is 4.90 Å². The SMILES string of the molecule is C=C/C=C(\C=C)C(CCN1CCC(C)C1)c1ccccc1. The molecular formula is C20H27N. The highest BCUT2D eigenvalue weighted by atomic mass is 15.1. The van der Waals surface area contributed by atoms with E-state index in [0.29, 0.717) is 5.92 Å². The Morgan fingerprint density at radius 1 is 1.33 bits per heavy atom. The van der Waals surface area contributed by atoms with Gasteiger partial charge in [-0.1, -0.05) is 68.6 Å². The van der Waals surface area contributed by atoms with Crippen LogP contribution in [0.3, 0.4) is 0 Å². The van der Waals surface area contributed by atoms with Gasteiger partial charge in [-0.3, -0.25) is 0 Å². The summed E-state index contributed by atoms with van der Waals surface area (Å²) in [5, 5.41) is 0. The zero-order chi connectivity index (χ0) is 15.1. The molecule has 1 saturated heterocycles. The van der Waals surface area contributed by atoms with Crippen molar-refractivity contribution in [2.45, 2.75) is 25.7 Å². The molecule has 0 aliphatic carbocycles. The highest BCUT2D eigenvalue weighted by Crippen LogP contribution is 2.29. The smallest absolute Gasteiger partial charge is 0.0101 e. The second-order valence-electron chi connectivity index (χ2n) is 6.05. The Bertz CT molecular complexity index is 486. The standard InChI is InChI=1S/C20H27N/c1-4-9-18(5-2)20(19-10-7-6-8-11-19)13-15-21-14-12-17(3)16-21/h4-11,17,20H,1-2,12-16H2,3H3/b18-9+. The van der Waals surface area contributed by atoms with Gasteiger partial charge in [0.15, 0.2) is 0 Å². The van der Waals surface area contributed by atoms with E-state index in [1.54, 1.807) is 0 Å². The van der Waals surface area contributed by atoms with Gasteiger partial charge in [0.05, 0.1) is 0 Å². The predicted octanol–water partition coefficient (Wildman–Crippen LogP) is 4.80. The summed E-state index contributed by atoms with van der Waals surface area (Å²) >= 11 is 0. The molecule has 1 fully saturated rings. The Balaban J connectivity index is 2.10. The number of allylic oxidation sites excluding steroid dienone is 4. The highest BCUT2D eigenvalue weighted by molar-refractivity contribution is 5.36. The van der Waals surface area contributed by atoms with Crippen molar-refractivity contribution in [3.8, 4) is 0 Å². The van der Waals surface area contributed by atoms with E-state index in [1.165, 1.54) is 30.6 Å². The van der Waals surface area contributed by atoms with Crippen LogP contribution in [0, 0.1) is 5.92 Å². The molecule has 1 heteroatoms. The Kier molecular flexibility index (Phi) is 6.01. The normalized spacial score (nSPS) is 21.2. The molecule has 2 rings (SSSR count). The molecule has 0 amide bonds. The van der Waals surface area contributed by atoms with Gasteiger partial charge in [0.2, 0.25) is 0 Å². The van der Waals surface area contributed by atoms with Crippen molar-refractivity contribution < 1.29 is 0 Å². The Labute approximate surface area is 129 Å². The summed E-state index contributed by atoms with van der Waals surface area (Å²) in [5.41, 5.74) is 2.64. The number of likely N-dealkylation sites (tertiary alicyclic amines) is 1.